The zero-order valence-corrected chi connectivity index (χ0v) is 10.6. The molecular formula is C13H10N4OS. The van der Waals surface area contributed by atoms with Crippen molar-refractivity contribution in [1.29, 1.82) is 0 Å². The predicted molar refractivity (Wildman–Crippen MR) is 74.1 cm³/mol. The fourth-order valence-corrected chi connectivity index (χ4v) is 2.32. The third-order valence-corrected chi connectivity index (χ3v) is 3.44. The largest absolute Gasteiger partial charge is 0.320 e. The maximum absolute atomic E-state index is 12.0. The average Bonchev–Trinajstić information content (AvgIpc) is 3.11. The molecule has 1 amide bonds. The lowest BCUT2D eigenvalue weighted by Crippen LogP contribution is -2.12. The highest BCUT2D eigenvalue weighted by Gasteiger charge is 2.11. The molecule has 3 aromatic heterocycles. The van der Waals surface area contributed by atoms with Gasteiger partial charge in [0, 0.05) is 18.1 Å². The summed E-state index contributed by atoms with van der Waals surface area (Å²) in [5, 5.41) is 11.6. The number of thiophene rings is 1. The lowest BCUT2D eigenvalue weighted by Gasteiger charge is -2.00. The van der Waals surface area contributed by atoms with Crippen LogP contribution in [-0.4, -0.2) is 21.1 Å². The summed E-state index contributed by atoms with van der Waals surface area (Å²) in [6, 6.07) is 9.12. The molecule has 0 aliphatic heterocycles. The number of hydrogen-bond donors (Lipinski definition) is 2. The molecule has 2 N–H and O–H groups in total. The molecule has 19 heavy (non-hydrogen) atoms. The van der Waals surface area contributed by atoms with E-state index in [0.717, 1.165) is 10.6 Å². The SMILES string of the molecule is O=C(Nc1ccncc1)c1cc(-c2cccs2)[nH]n1. The molecule has 3 rings (SSSR count). The maximum atomic E-state index is 12.0. The van der Waals surface area contributed by atoms with Crippen molar-refractivity contribution in [2.24, 2.45) is 0 Å². The van der Waals surface area contributed by atoms with Gasteiger partial charge in [0.15, 0.2) is 5.69 Å². The van der Waals surface area contributed by atoms with Crippen LogP contribution in [0.25, 0.3) is 10.6 Å². The van der Waals surface area contributed by atoms with E-state index >= 15 is 0 Å². The Morgan fingerprint density at radius 1 is 1.26 bits per heavy atom. The van der Waals surface area contributed by atoms with Crippen LogP contribution in [-0.2, 0) is 0 Å². The molecular weight excluding hydrogens is 260 g/mol. The maximum Gasteiger partial charge on any atom is 0.276 e. The second kappa shape index (κ2) is 5.03. The molecule has 0 aromatic carbocycles. The van der Waals surface area contributed by atoms with Crippen molar-refractivity contribution >= 4 is 22.9 Å². The van der Waals surface area contributed by atoms with E-state index in [1.54, 1.807) is 41.9 Å². The van der Waals surface area contributed by atoms with Crippen LogP contribution in [0.3, 0.4) is 0 Å². The van der Waals surface area contributed by atoms with Crippen LogP contribution in [0.1, 0.15) is 10.5 Å². The molecule has 3 aromatic rings. The molecule has 0 saturated carbocycles. The van der Waals surface area contributed by atoms with Gasteiger partial charge in [0.1, 0.15) is 0 Å². The normalized spacial score (nSPS) is 10.3. The Labute approximate surface area is 113 Å². The molecule has 94 valence electrons. The summed E-state index contributed by atoms with van der Waals surface area (Å²) >= 11 is 1.59. The first kappa shape index (κ1) is 11.6. The second-order valence-electron chi connectivity index (χ2n) is 3.83. The fourth-order valence-electron chi connectivity index (χ4n) is 1.63. The van der Waals surface area contributed by atoms with Gasteiger partial charge in [0.2, 0.25) is 0 Å². The lowest BCUT2D eigenvalue weighted by molar-refractivity contribution is 0.102. The van der Waals surface area contributed by atoms with Crippen LogP contribution in [0.4, 0.5) is 5.69 Å². The van der Waals surface area contributed by atoms with Crippen LogP contribution >= 0.6 is 11.3 Å². The minimum atomic E-state index is -0.245. The number of nitrogens with one attached hydrogen (secondary N) is 2. The number of carbonyl (C=O) groups excluding carboxylic acids is 1. The van der Waals surface area contributed by atoms with Crippen molar-refractivity contribution in [3.8, 4) is 10.6 Å². The van der Waals surface area contributed by atoms with E-state index < -0.39 is 0 Å². The Bertz CT molecular complexity index is 676. The van der Waals surface area contributed by atoms with E-state index in [1.807, 2.05) is 17.5 Å². The van der Waals surface area contributed by atoms with Gasteiger partial charge in [-0.15, -0.1) is 11.3 Å². The highest BCUT2D eigenvalue weighted by atomic mass is 32.1. The van der Waals surface area contributed by atoms with Gasteiger partial charge in [-0.2, -0.15) is 5.10 Å². The highest BCUT2D eigenvalue weighted by molar-refractivity contribution is 7.13. The van der Waals surface area contributed by atoms with Gasteiger partial charge in [-0.25, -0.2) is 0 Å². The van der Waals surface area contributed by atoms with Crippen molar-refractivity contribution in [3.05, 3.63) is 53.8 Å². The van der Waals surface area contributed by atoms with Gasteiger partial charge < -0.3 is 5.32 Å². The fraction of sp³-hybridized carbons (Fsp3) is 0. The second-order valence-corrected chi connectivity index (χ2v) is 4.78. The summed E-state index contributed by atoms with van der Waals surface area (Å²) in [5.74, 6) is -0.245. The van der Waals surface area contributed by atoms with Crippen molar-refractivity contribution in [2.45, 2.75) is 0 Å². The van der Waals surface area contributed by atoms with Crippen LogP contribution in [0.5, 0.6) is 0 Å². The molecule has 0 bridgehead atoms. The number of rotatable bonds is 3. The summed E-state index contributed by atoms with van der Waals surface area (Å²) in [5.41, 5.74) is 1.90. The first-order valence-electron chi connectivity index (χ1n) is 5.63. The van der Waals surface area contributed by atoms with E-state index in [-0.39, 0.29) is 5.91 Å². The first-order valence-corrected chi connectivity index (χ1v) is 6.51. The standard InChI is InChI=1S/C13H10N4OS/c18-13(15-9-3-5-14-6-4-9)11-8-10(16-17-11)12-2-1-7-19-12/h1-8H,(H,16,17)(H,14,15,18). The molecule has 0 unspecified atom stereocenters. The summed E-state index contributed by atoms with van der Waals surface area (Å²) < 4.78 is 0. The number of nitrogens with zero attached hydrogens (tertiary/aromatic N) is 2. The van der Waals surface area contributed by atoms with Crippen LogP contribution in [0, 0.1) is 0 Å². The highest BCUT2D eigenvalue weighted by Crippen LogP contribution is 2.23. The minimum absolute atomic E-state index is 0.245. The number of hydrogen-bond acceptors (Lipinski definition) is 4. The van der Waals surface area contributed by atoms with E-state index in [0.29, 0.717) is 11.4 Å². The molecule has 0 radical (unpaired) electrons. The summed E-state index contributed by atoms with van der Waals surface area (Å²) in [6.07, 6.45) is 3.24. The number of aromatic amines is 1. The summed E-state index contributed by atoms with van der Waals surface area (Å²) in [6.45, 7) is 0. The molecule has 0 fully saturated rings. The topological polar surface area (TPSA) is 70.7 Å². The molecule has 5 nitrogen and oxygen atoms in total. The number of pyridine rings is 1. The molecule has 0 spiro atoms. The Hall–Kier alpha value is -2.47. The van der Waals surface area contributed by atoms with Gasteiger partial charge in [0.25, 0.3) is 5.91 Å². The zero-order chi connectivity index (χ0) is 13.1. The molecule has 0 aliphatic carbocycles. The summed E-state index contributed by atoms with van der Waals surface area (Å²) in [7, 11) is 0. The molecule has 0 aliphatic rings. The molecule has 6 heteroatoms. The van der Waals surface area contributed by atoms with Crippen LogP contribution < -0.4 is 5.32 Å². The summed E-state index contributed by atoms with van der Waals surface area (Å²) in [4.78, 5) is 16.9. The van der Waals surface area contributed by atoms with E-state index in [9.17, 15) is 4.79 Å². The van der Waals surface area contributed by atoms with Gasteiger partial charge in [-0.05, 0) is 29.6 Å². The molecule has 0 saturated heterocycles. The van der Waals surface area contributed by atoms with Crippen molar-refractivity contribution < 1.29 is 4.79 Å². The predicted octanol–water partition coefficient (Wildman–Crippen LogP) is 2.79. The number of carbonyl (C=O) groups is 1. The van der Waals surface area contributed by atoms with E-state index in [2.05, 4.69) is 20.5 Å². The first-order chi connectivity index (χ1) is 9.33. The Kier molecular flexibility index (Phi) is 3.07. The minimum Gasteiger partial charge on any atom is -0.320 e. The Balaban J connectivity index is 1.78. The molecule has 0 atom stereocenters. The van der Waals surface area contributed by atoms with E-state index in [4.69, 9.17) is 0 Å². The lowest BCUT2D eigenvalue weighted by atomic mass is 10.3. The van der Waals surface area contributed by atoms with Gasteiger partial charge in [-0.1, -0.05) is 6.07 Å². The molecule has 3 heterocycles. The number of aromatic nitrogens is 3. The number of amides is 1. The monoisotopic (exact) mass is 270 g/mol. The smallest absolute Gasteiger partial charge is 0.276 e. The van der Waals surface area contributed by atoms with Crippen molar-refractivity contribution in [2.75, 3.05) is 5.32 Å². The van der Waals surface area contributed by atoms with Crippen LogP contribution in [0.2, 0.25) is 0 Å². The third-order valence-electron chi connectivity index (χ3n) is 2.54. The number of H-pyrrole nitrogens is 1. The Morgan fingerprint density at radius 3 is 2.84 bits per heavy atom. The van der Waals surface area contributed by atoms with Gasteiger partial charge >= 0.3 is 0 Å². The third kappa shape index (κ3) is 2.53. The van der Waals surface area contributed by atoms with Crippen LogP contribution in [0.15, 0.2) is 48.1 Å². The zero-order valence-electron chi connectivity index (χ0n) is 9.83. The number of anilines is 1. The van der Waals surface area contributed by atoms with Gasteiger partial charge in [-0.3, -0.25) is 14.9 Å². The quantitative estimate of drug-likeness (QED) is 0.768. The van der Waals surface area contributed by atoms with Crippen molar-refractivity contribution in [3.63, 3.8) is 0 Å². The average molecular weight is 270 g/mol. The van der Waals surface area contributed by atoms with Gasteiger partial charge in [0.05, 0.1) is 10.6 Å². The van der Waals surface area contributed by atoms with E-state index in [1.165, 1.54) is 0 Å². The van der Waals surface area contributed by atoms with Crippen molar-refractivity contribution in [1.82, 2.24) is 15.2 Å². The Morgan fingerprint density at radius 2 is 2.11 bits per heavy atom.